The minimum Gasteiger partial charge on any atom is -0.310 e. The zero-order valence-electron chi connectivity index (χ0n) is 8.75. The highest BCUT2D eigenvalue weighted by atomic mass is 19.1. The van der Waals surface area contributed by atoms with Gasteiger partial charge in [0.05, 0.1) is 0 Å². The quantitative estimate of drug-likeness (QED) is 0.748. The monoisotopic (exact) mass is 205 g/mol. The van der Waals surface area contributed by atoms with E-state index >= 15 is 0 Å². The maximum Gasteiger partial charge on any atom is 0.123 e. The Morgan fingerprint density at radius 1 is 1.33 bits per heavy atom. The van der Waals surface area contributed by atoms with Gasteiger partial charge in [0, 0.05) is 12.6 Å². The normalized spacial score (nSPS) is 20.5. The second kappa shape index (κ2) is 5.08. The van der Waals surface area contributed by atoms with E-state index in [2.05, 4.69) is 17.5 Å². The number of rotatable bonds is 3. The van der Waals surface area contributed by atoms with Crippen LogP contribution >= 0.6 is 0 Å². The highest BCUT2D eigenvalue weighted by Crippen LogP contribution is 2.11. The summed E-state index contributed by atoms with van der Waals surface area (Å²) in [7, 11) is 0. The van der Waals surface area contributed by atoms with Crippen molar-refractivity contribution in [2.45, 2.75) is 31.8 Å². The van der Waals surface area contributed by atoms with Crippen molar-refractivity contribution in [2.75, 3.05) is 0 Å². The van der Waals surface area contributed by atoms with E-state index in [1.807, 2.05) is 6.07 Å². The molecule has 0 bridgehead atoms. The third-order valence-corrected chi connectivity index (χ3v) is 2.75. The van der Waals surface area contributed by atoms with Crippen molar-refractivity contribution in [3.05, 3.63) is 47.8 Å². The summed E-state index contributed by atoms with van der Waals surface area (Å²) in [6, 6.07) is 7.33. The molecule has 1 aromatic rings. The SMILES string of the molecule is Fc1cccc(CNC2CC=CCC2)c1. The Labute approximate surface area is 90.0 Å². The van der Waals surface area contributed by atoms with E-state index < -0.39 is 0 Å². The molecule has 0 fully saturated rings. The number of nitrogens with one attached hydrogen (secondary N) is 1. The van der Waals surface area contributed by atoms with Gasteiger partial charge >= 0.3 is 0 Å². The smallest absolute Gasteiger partial charge is 0.123 e. The van der Waals surface area contributed by atoms with Crippen LogP contribution in [0.4, 0.5) is 4.39 Å². The van der Waals surface area contributed by atoms with E-state index in [9.17, 15) is 4.39 Å². The van der Waals surface area contributed by atoms with Gasteiger partial charge < -0.3 is 5.32 Å². The van der Waals surface area contributed by atoms with Gasteiger partial charge in [0.25, 0.3) is 0 Å². The zero-order valence-corrected chi connectivity index (χ0v) is 8.75. The molecule has 1 atom stereocenters. The van der Waals surface area contributed by atoms with E-state index in [1.165, 1.54) is 12.5 Å². The molecule has 1 N–H and O–H groups in total. The maximum absolute atomic E-state index is 12.9. The number of benzene rings is 1. The molecule has 1 aliphatic carbocycles. The Kier molecular flexibility index (Phi) is 3.51. The molecule has 0 saturated heterocycles. The van der Waals surface area contributed by atoms with E-state index in [-0.39, 0.29) is 5.82 Å². The van der Waals surface area contributed by atoms with Gasteiger partial charge in [0.2, 0.25) is 0 Å². The molecule has 0 aromatic heterocycles. The summed E-state index contributed by atoms with van der Waals surface area (Å²) in [5.74, 6) is -0.155. The fraction of sp³-hybridized carbons (Fsp3) is 0.385. The van der Waals surface area contributed by atoms with Crippen LogP contribution in [0.1, 0.15) is 24.8 Å². The van der Waals surface area contributed by atoms with Crippen LogP contribution in [0, 0.1) is 5.82 Å². The first-order valence-corrected chi connectivity index (χ1v) is 5.47. The maximum atomic E-state index is 12.9. The Balaban J connectivity index is 1.84. The average molecular weight is 205 g/mol. The summed E-state index contributed by atoms with van der Waals surface area (Å²) in [6.07, 6.45) is 7.87. The summed E-state index contributed by atoms with van der Waals surface area (Å²) < 4.78 is 12.9. The topological polar surface area (TPSA) is 12.0 Å². The second-order valence-electron chi connectivity index (χ2n) is 3.99. The average Bonchev–Trinajstić information content (AvgIpc) is 2.28. The van der Waals surface area contributed by atoms with E-state index in [4.69, 9.17) is 0 Å². The summed E-state index contributed by atoms with van der Waals surface area (Å²) >= 11 is 0. The van der Waals surface area contributed by atoms with Crippen LogP contribution in [0.15, 0.2) is 36.4 Å². The molecule has 0 spiro atoms. The van der Waals surface area contributed by atoms with Crippen molar-refractivity contribution in [1.82, 2.24) is 5.32 Å². The third kappa shape index (κ3) is 3.17. The van der Waals surface area contributed by atoms with Gasteiger partial charge in [-0.2, -0.15) is 0 Å². The van der Waals surface area contributed by atoms with Gasteiger partial charge in [-0.3, -0.25) is 0 Å². The molecule has 15 heavy (non-hydrogen) atoms. The van der Waals surface area contributed by atoms with E-state index in [0.29, 0.717) is 6.04 Å². The van der Waals surface area contributed by atoms with Gasteiger partial charge in [0.15, 0.2) is 0 Å². The summed E-state index contributed by atoms with van der Waals surface area (Å²) in [5.41, 5.74) is 1.02. The molecule has 0 heterocycles. The molecule has 0 aliphatic heterocycles. The molecule has 1 aromatic carbocycles. The van der Waals surface area contributed by atoms with Gasteiger partial charge in [0.1, 0.15) is 5.82 Å². The van der Waals surface area contributed by atoms with Crippen LogP contribution in [-0.2, 0) is 6.54 Å². The van der Waals surface area contributed by atoms with Crippen LogP contribution < -0.4 is 5.32 Å². The molecule has 2 rings (SSSR count). The molecule has 0 saturated carbocycles. The Morgan fingerprint density at radius 2 is 2.27 bits per heavy atom. The molecule has 1 unspecified atom stereocenters. The van der Waals surface area contributed by atoms with Crippen LogP contribution in [0.2, 0.25) is 0 Å². The van der Waals surface area contributed by atoms with Crippen molar-refractivity contribution in [3.8, 4) is 0 Å². The lowest BCUT2D eigenvalue weighted by Gasteiger charge is -2.19. The highest BCUT2D eigenvalue weighted by Gasteiger charge is 2.08. The summed E-state index contributed by atoms with van der Waals surface area (Å²) in [5, 5.41) is 3.45. The third-order valence-electron chi connectivity index (χ3n) is 2.75. The first-order valence-electron chi connectivity index (χ1n) is 5.47. The Hall–Kier alpha value is -1.15. The Bertz CT molecular complexity index is 346. The minimum absolute atomic E-state index is 0.155. The molecule has 1 nitrogen and oxygen atoms in total. The molecule has 80 valence electrons. The number of hydrogen-bond acceptors (Lipinski definition) is 1. The van der Waals surface area contributed by atoms with Crippen LogP contribution in [0.5, 0.6) is 0 Å². The number of halogens is 1. The standard InChI is InChI=1S/C13H16FN/c14-12-6-4-5-11(9-12)10-15-13-7-2-1-3-8-13/h1-2,4-6,9,13,15H,3,7-8,10H2. The number of allylic oxidation sites excluding steroid dienone is 1. The predicted molar refractivity (Wildman–Crippen MR) is 60.0 cm³/mol. The fourth-order valence-electron chi connectivity index (χ4n) is 1.89. The summed E-state index contributed by atoms with van der Waals surface area (Å²) in [6.45, 7) is 0.760. The fourth-order valence-corrected chi connectivity index (χ4v) is 1.89. The van der Waals surface area contributed by atoms with Crippen molar-refractivity contribution < 1.29 is 4.39 Å². The lowest BCUT2D eigenvalue weighted by atomic mass is 10.0. The molecule has 0 radical (unpaired) electrons. The zero-order chi connectivity index (χ0) is 10.5. The van der Waals surface area contributed by atoms with Crippen LogP contribution in [0.25, 0.3) is 0 Å². The lowest BCUT2D eigenvalue weighted by Crippen LogP contribution is -2.29. The second-order valence-corrected chi connectivity index (χ2v) is 3.99. The molecule has 1 aliphatic rings. The van der Waals surface area contributed by atoms with Crippen molar-refractivity contribution >= 4 is 0 Å². The molecule has 2 heteroatoms. The first-order chi connectivity index (χ1) is 7.34. The van der Waals surface area contributed by atoms with Crippen LogP contribution in [0.3, 0.4) is 0 Å². The lowest BCUT2D eigenvalue weighted by molar-refractivity contribution is 0.473. The Morgan fingerprint density at radius 3 is 3.00 bits per heavy atom. The predicted octanol–water partition coefficient (Wildman–Crippen LogP) is 3.02. The molecular formula is C13H16FN. The van der Waals surface area contributed by atoms with Gasteiger partial charge in [-0.1, -0.05) is 24.3 Å². The van der Waals surface area contributed by atoms with E-state index in [0.717, 1.165) is 24.9 Å². The summed E-state index contributed by atoms with van der Waals surface area (Å²) in [4.78, 5) is 0. The largest absolute Gasteiger partial charge is 0.310 e. The van der Waals surface area contributed by atoms with Gasteiger partial charge in [-0.15, -0.1) is 0 Å². The first kappa shape index (κ1) is 10.4. The molecule has 0 amide bonds. The van der Waals surface area contributed by atoms with Crippen molar-refractivity contribution in [2.24, 2.45) is 0 Å². The minimum atomic E-state index is -0.155. The van der Waals surface area contributed by atoms with Gasteiger partial charge in [-0.05, 0) is 37.0 Å². The van der Waals surface area contributed by atoms with Crippen LogP contribution in [-0.4, -0.2) is 6.04 Å². The van der Waals surface area contributed by atoms with E-state index in [1.54, 1.807) is 12.1 Å². The number of hydrogen-bond donors (Lipinski definition) is 1. The highest BCUT2D eigenvalue weighted by molar-refractivity contribution is 5.16. The van der Waals surface area contributed by atoms with Gasteiger partial charge in [-0.25, -0.2) is 4.39 Å². The van der Waals surface area contributed by atoms with Crippen molar-refractivity contribution in [1.29, 1.82) is 0 Å². The molecular weight excluding hydrogens is 189 g/mol. The van der Waals surface area contributed by atoms with Crippen molar-refractivity contribution in [3.63, 3.8) is 0 Å².